The maximum atomic E-state index is 12.3. The highest BCUT2D eigenvalue weighted by atomic mass is 32.1. The van der Waals surface area contributed by atoms with Gasteiger partial charge >= 0.3 is 0 Å². The van der Waals surface area contributed by atoms with Gasteiger partial charge in [0.2, 0.25) is 5.95 Å². The lowest BCUT2D eigenvalue weighted by Gasteiger charge is -2.27. The molecule has 2 N–H and O–H groups in total. The van der Waals surface area contributed by atoms with Gasteiger partial charge in [-0.25, -0.2) is 9.97 Å². The van der Waals surface area contributed by atoms with E-state index in [1.807, 2.05) is 44.2 Å². The summed E-state index contributed by atoms with van der Waals surface area (Å²) in [6.07, 6.45) is 3.65. The molecule has 0 bridgehead atoms. The van der Waals surface area contributed by atoms with Crippen LogP contribution in [0.5, 0.6) is 0 Å². The molecule has 150 valence electrons. The Bertz CT molecular complexity index is 995. The molecule has 1 saturated heterocycles. The number of aryl methyl sites for hydroxylation is 2. The zero-order valence-corrected chi connectivity index (χ0v) is 17.4. The summed E-state index contributed by atoms with van der Waals surface area (Å²) in [5, 5.41) is 6.25. The fourth-order valence-corrected chi connectivity index (χ4v) is 4.04. The summed E-state index contributed by atoms with van der Waals surface area (Å²) in [6, 6.07) is 9.53. The number of benzene rings is 1. The van der Waals surface area contributed by atoms with Crippen molar-refractivity contribution < 1.29 is 4.79 Å². The zero-order valence-electron chi connectivity index (χ0n) is 16.6. The molecule has 1 aromatic carbocycles. The minimum atomic E-state index is -0.136. The molecule has 3 heterocycles. The fourth-order valence-electron chi connectivity index (χ4n) is 3.34. The van der Waals surface area contributed by atoms with E-state index >= 15 is 0 Å². The predicted octanol–water partition coefficient (Wildman–Crippen LogP) is 4.54. The SMILES string of the molecule is Cc1cc(Nc2ccc(NC(=O)c3scnc3C)cc2)nc(N2CCCCC2)n1. The molecule has 3 aromatic rings. The minimum absolute atomic E-state index is 0.136. The normalized spacial score (nSPS) is 13.9. The van der Waals surface area contributed by atoms with E-state index in [2.05, 4.69) is 25.5 Å². The highest BCUT2D eigenvalue weighted by Crippen LogP contribution is 2.23. The van der Waals surface area contributed by atoms with Crippen LogP contribution in [-0.4, -0.2) is 33.9 Å². The van der Waals surface area contributed by atoms with Gasteiger partial charge in [-0.15, -0.1) is 11.3 Å². The Hall–Kier alpha value is -3.00. The number of nitrogens with one attached hydrogen (secondary N) is 2. The molecule has 8 heteroatoms. The van der Waals surface area contributed by atoms with Crippen LogP contribution in [0.4, 0.5) is 23.1 Å². The first-order valence-electron chi connectivity index (χ1n) is 9.77. The third kappa shape index (κ3) is 4.71. The lowest BCUT2D eigenvalue weighted by atomic mass is 10.1. The van der Waals surface area contributed by atoms with Crippen molar-refractivity contribution in [2.24, 2.45) is 0 Å². The van der Waals surface area contributed by atoms with Crippen LogP contribution in [0.3, 0.4) is 0 Å². The first-order chi connectivity index (χ1) is 14.1. The van der Waals surface area contributed by atoms with Crippen molar-refractivity contribution in [3.63, 3.8) is 0 Å². The molecule has 29 heavy (non-hydrogen) atoms. The molecule has 0 unspecified atom stereocenters. The van der Waals surface area contributed by atoms with Crippen LogP contribution in [0, 0.1) is 13.8 Å². The van der Waals surface area contributed by atoms with Gasteiger partial charge in [0, 0.05) is 36.2 Å². The van der Waals surface area contributed by atoms with Gasteiger partial charge in [0.05, 0.1) is 11.2 Å². The molecule has 1 aliphatic rings. The number of carbonyl (C=O) groups is 1. The van der Waals surface area contributed by atoms with E-state index in [0.717, 1.165) is 47.6 Å². The van der Waals surface area contributed by atoms with Crippen LogP contribution in [0.15, 0.2) is 35.8 Å². The average molecular weight is 409 g/mol. The summed E-state index contributed by atoms with van der Waals surface area (Å²) in [5.74, 6) is 1.43. The van der Waals surface area contributed by atoms with Gasteiger partial charge in [-0.3, -0.25) is 4.79 Å². The second-order valence-electron chi connectivity index (χ2n) is 7.17. The quantitative estimate of drug-likeness (QED) is 0.645. The summed E-state index contributed by atoms with van der Waals surface area (Å²) in [6.45, 7) is 5.84. The number of carbonyl (C=O) groups excluding carboxylic acids is 1. The number of hydrogen-bond acceptors (Lipinski definition) is 7. The van der Waals surface area contributed by atoms with Gasteiger partial charge in [0.25, 0.3) is 5.91 Å². The lowest BCUT2D eigenvalue weighted by molar-refractivity contribution is 0.103. The van der Waals surface area contributed by atoms with E-state index in [4.69, 9.17) is 4.98 Å². The van der Waals surface area contributed by atoms with Gasteiger partial charge < -0.3 is 15.5 Å². The second-order valence-corrected chi connectivity index (χ2v) is 8.02. The molecular formula is C21H24N6OS. The molecule has 4 rings (SSSR count). The summed E-state index contributed by atoms with van der Waals surface area (Å²) < 4.78 is 0. The minimum Gasteiger partial charge on any atom is -0.341 e. The number of rotatable bonds is 5. The number of aromatic nitrogens is 3. The van der Waals surface area contributed by atoms with E-state index in [9.17, 15) is 4.79 Å². The molecule has 7 nitrogen and oxygen atoms in total. The standard InChI is InChI=1S/C21H24N6OS/c1-14-12-18(26-21(23-14)27-10-4-3-5-11-27)24-16-6-8-17(9-7-16)25-20(28)19-15(2)22-13-29-19/h6-9,12-13H,3-5,10-11H2,1-2H3,(H,25,28)(H,23,24,26). The maximum Gasteiger partial charge on any atom is 0.267 e. The maximum absolute atomic E-state index is 12.3. The summed E-state index contributed by atoms with van der Waals surface area (Å²) in [5.41, 5.74) is 5.00. The van der Waals surface area contributed by atoms with Crippen molar-refractivity contribution in [3.05, 3.63) is 52.1 Å². The van der Waals surface area contributed by atoms with E-state index in [0.29, 0.717) is 4.88 Å². The third-order valence-electron chi connectivity index (χ3n) is 4.85. The summed E-state index contributed by atoms with van der Waals surface area (Å²) in [4.78, 5) is 28.6. The Morgan fingerprint density at radius 2 is 1.76 bits per heavy atom. The second kappa shape index (κ2) is 8.57. The molecule has 1 fully saturated rings. The van der Waals surface area contributed by atoms with E-state index in [1.54, 1.807) is 5.51 Å². The molecular weight excluding hydrogens is 384 g/mol. The number of amides is 1. The van der Waals surface area contributed by atoms with Crippen molar-refractivity contribution in [1.29, 1.82) is 0 Å². The van der Waals surface area contributed by atoms with Crippen LogP contribution >= 0.6 is 11.3 Å². The van der Waals surface area contributed by atoms with Gasteiger partial charge in [-0.2, -0.15) is 4.98 Å². The van der Waals surface area contributed by atoms with Gasteiger partial charge in [0.1, 0.15) is 10.7 Å². The highest BCUT2D eigenvalue weighted by molar-refractivity contribution is 7.12. The van der Waals surface area contributed by atoms with Crippen LogP contribution in [0.25, 0.3) is 0 Å². The topological polar surface area (TPSA) is 83.0 Å². The largest absolute Gasteiger partial charge is 0.341 e. The molecule has 0 radical (unpaired) electrons. The van der Waals surface area contributed by atoms with Crippen molar-refractivity contribution in [3.8, 4) is 0 Å². The van der Waals surface area contributed by atoms with E-state index < -0.39 is 0 Å². The van der Waals surface area contributed by atoms with Crippen molar-refractivity contribution in [2.75, 3.05) is 28.6 Å². The van der Waals surface area contributed by atoms with E-state index in [1.165, 1.54) is 30.6 Å². The molecule has 0 atom stereocenters. The third-order valence-corrected chi connectivity index (χ3v) is 5.78. The molecule has 1 aliphatic heterocycles. The van der Waals surface area contributed by atoms with Crippen LogP contribution in [0.2, 0.25) is 0 Å². The Labute approximate surface area is 174 Å². The van der Waals surface area contributed by atoms with Crippen LogP contribution < -0.4 is 15.5 Å². The lowest BCUT2D eigenvalue weighted by Crippen LogP contribution is -2.31. The predicted molar refractivity (Wildman–Crippen MR) is 117 cm³/mol. The average Bonchev–Trinajstić information content (AvgIpc) is 3.16. The van der Waals surface area contributed by atoms with E-state index in [-0.39, 0.29) is 5.91 Å². The Balaban J connectivity index is 1.44. The van der Waals surface area contributed by atoms with Crippen LogP contribution in [0.1, 0.15) is 40.3 Å². The Morgan fingerprint density at radius 1 is 1.03 bits per heavy atom. The Kier molecular flexibility index (Phi) is 5.71. The first kappa shape index (κ1) is 19.3. The number of nitrogens with zero attached hydrogens (tertiary/aromatic N) is 4. The van der Waals surface area contributed by atoms with Gasteiger partial charge in [-0.05, 0) is 57.4 Å². The number of hydrogen-bond donors (Lipinski definition) is 2. The van der Waals surface area contributed by atoms with Crippen molar-refractivity contribution >= 4 is 40.4 Å². The molecule has 2 aromatic heterocycles. The molecule has 1 amide bonds. The zero-order chi connectivity index (χ0) is 20.2. The first-order valence-corrected chi connectivity index (χ1v) is 10.7. The van der Waals surface area contributed by atoms with Gasteiger partial charge in [-0.1, -0.05) is 0 Å². The number of anilines is 4. The highest BCUT2D eigenvalue weighted by Gasteiger charge is 2.15. The number of thiazole rings is 1. The molecule has 0 aliphatic carbocycles. The van der Waals surface area contributed by atoms with Crippen molar-refractivity contribution in [2.45, 2.75) is 33.1 Å². The van der Waals surface area contributed by atoms with Crippen LogP contribution in [-0.2, 0) is 0 Å². The fraction of sp³-hybridized carbons (Fsp3) is 0.333. The summed E-state index contributed by atoms with van der Waals surface area (Å²) >= 11 is 1.34. The molecule has 0 saturated carbocycles. The summed E-state index contributed by atoms with van der Waals surface area (Å²) in [7, 11) is 0. The van der Waals surface area contributed by atoms with Crippen molar-refractivity contribution in [1.82, 2.24) is 15.0 Å². The van der Waals surface area contributed by atoms with Gasteiger partial charge in [0.15, 0.2) is 0 Å². The number of piperidine rings is 1. The monoisotopic (exact) mass is 408 g/mol. The smallest absolute Gasteiger partial charge is 0.267 e. The molecule has 0 spiro atoms. The Morgan fingerprint density at radius 3 is 2.45 bits per heavy atom.